The minimum Gasteiger partial charge on any atom is -0.332 e. The Kier molecular flexibility index (Phi) is 2.41. The van der Waals surface area contributed by atoms with Crippen LogP contribution in [-0.4, -0.2) is 29.1 Å². The molecule has 14 heavy (non-hydrogen) atoms. The van der Waals surface area contributed by atoms with Crippen molar-refractivity contribution in [3.8, 4) is 0 Å². The highest BCUT2D eigenvalue weighted by molar-refractivity contribution is 8.00. The quantitative estimate of drug-likeness (QED) is 0.685. The van der Waals surface area contributed by atoms with Crippen LogP contribution in [0.2, 0.25) is 0 Å². The van der Waals surface area contributed by atoms with Crippen molar-refractivity contribution < 1.29 is 4.79 Å². The summed E-state index contributed by atoms with van der Waals surface area (Å²) in [5.41, 5.74) is 0.309. The van der Waals surface area contributed by atoms with E-state index in [2.05, 4.69) is 31.4 Å². The molecule has 2 rings (SSSR count). The van der Waals surface area contributed by atoms with Gasteiger partial charge in [-0.3, -0.25) is 0 Å². The molecule has 2 heterocycles. The molecule has 2 aliphatic rings. The van der Waals surface area contributed by atoms with Crippen molar-refractivity contribution in [2.75, 3.05) is 5.75 Å². The molecule has 0 radical (unpaired) electrons. The van der Waals surface area contributed by atoms with Crippen LogP contribution in [0.25, 0.3) is 0 Å². The number of urea groups is 1. The molecule has 0 aliphatic carbocycles. The first-order valence-corrected chi connectivity index (χ1v) is 6.28. The van der Waals surface area contributed by atoms with Gasteiger partial charge in [0.05, 0.1) is 12.1 Å². The van der Waals surface area contributed by atoms with E-state index < -0.39 is 0 Å². The van der Waals surface area contributed by atoms with Crippen molar-refractivity contribution >= 4 is 17.8 Å². The first-order chi connectivity index (χ1) is 6.54. The Morgan fingerprint density at radius 2 is 2.21 bits per heavy atom. The maximum atomic E-state index is 11.2. The highest BCUT2D eigenvalue weighted by atomic mass is 32.2. The number of rotatable bonds is 2. The van der Waals surface area contributed by atoms with Gasteiger partial charge < -0.3 is 10.6 Å². The van der Waals surface area contributed by atoms with Gasteiger partial charge in [0.1, 0.15) is 0 Å². The smallest absolute Gasteiger partial charge is 0.315 e. The summed E-state index contributed by atoms with van der Waals surface area (Å²) in [6, 6.07) is 0.697. The zero-order chi connectivity index (χ0) is 10.3. The van der Waals surface area contributed by atoms with E-state index in [0.29, 0.717) is 22.7 Å². The number of fused-ring (bicyclic) bond motifs is 1. The third kappa shape index (κ3) is 1.49. The van der Waals surface area contributed by atoms with E-state index in [1.807, 2.05) is 11.8 Å². The van der Waals surface area contributed by atoms with Crippen LogP contribution in [0.4, 0.5) is 4.79 Å². The summed E-state index contributed by atoms with van der Waals surface area (Å²) >= 11 is 1.99. The van der Waals surface area contributed by atoms with Gasteiger partial charge >= 0.3 is 6.03 Å². The summed E-state index contributed by atoms with van der Waals surface area (Å²) in [6.07, 6.45) is 1.16. The second-order valence-corrected chi connectivity index (χ2v) is 6.02. The minimum atomic E-state index is 0.0113. The highest BCUT2D eigenvalue weighted by Crippen LogP contribution is 2.42. The first kappa shape index (κ1) is 10.1. The number of hydrogen-bond acceptors (Lipinski definition) is 2. The number of carbonyl (C=O) groups excluding carboxylic acids is 1. The molecular weight excluding hydrogens is 196 g/mol. The fourth-order valence-corrected chi connectivity index (χ4v) is 4.00. The number of hydrogen-bond donors (Lipinski definition) is 2. The normalized spacial score (nSPS) is 36.5. The summed E-state index contributed by atoms with van der Waals surface area (Å²) in [4.78, 5) is 11.2. The van der Waals surface area contributed by atoms with Crippen LogP contribution >= 0.6 is 11.8 Å². The van der Waals surface area contributed by atoms with E-state index in [4.69, 9.17) is 0 Å². The first-order valence-electron chi connectivity index (χ1n) is 5.23. The van der Waals surface area contributed by atoms with Gasteiger partial charge in [-0.25, -0.2) is 4.79 Å². The molecule has 2 amide bonds. The van der Waals surface area contributed by atoms with Crippen molar-refractivity contribution in [2.45, 2.75) is 44.5 Å². The van der Waals surface area contributed by atoms with Crippen molar-refractivity contribution in [3.63, 3.8) is 0 Å². The molecule has 2 saturated heterocycles. The van der Waals surface area contributed by atoms with Crippen LogP contribution in [0.15, 0.2) is 0 Å². The van der Waals surface area contributed by atoms with E-state index in [9.17, 15) is 4.79 Å². The van der Waals surface area contributed by atoms with Gasteiger partial charge in [0.2, 0.25) is 0 Å². The predicted molar refractivity (Wildman–Crippen MR) is 59.6 cm³/mol. The Balaban J connectivity index is 2.12. The molecule has 0 saturated carbocycles. The Morgan fingerprint density at radius 3 is 2.86 bits per heavy atom. The lowest BCUT2D eigenvalue weighted by molar-refractivity contribution is 0.245. The van der Waals surface area contributed by atoms with Crippen molar-refractivity contribution in [3.05, 3.63) is 0 Å². The number of amides is 2. The van der Waals surface area contributed by atoms with Crippen LogP contribution in [-0.2, 0) is 0 Å². The highest BCUT2D eigenvalue weighted by Gasteiger charge is 2.48. The molecule has 0 aromatic heterocycles. The van der Waals surface area contributed by atoms with Crippen LogP contribution in [0, 0.1) is 5.41 Å². The number of thioether (sulfide) groups is 1. The topological polar surface area (TPSA) is 41.1 Å². The van der Waals surface area contributed by atoms with Gasteiger partial charge in [-0.1, -0.05) is 20.8 Å². The van der Waals surface area contributed by atoms with Gasteiger partial charge in [0, 0.05) is 11.0 Å². The zero-order valence-electron chi connectivity index (χ0n) is 8.96. The molecule has 80 valence electrons. The molecule has 0 spiro atoms. The fourth-order valence-electron chi connectivity index (χ4n) is 2.21. The molecule has 0 aromatic carbocycles. The van der Waals surface area contributed by atoms with E-state index >= 15 is 0 Å². The van der Waals surface area contributed by atoms with Gasteiger partial charge in [0.25, 0.3) is 0 Å². The summed E-state index contributed by atoms with van der Waals surface area (Å²) in [5.74, 6) is 1.05. The third-order valence-electron chi connectivity index (χ3n) is 3.51. The maximum absolute atomic E-state index is 11.2. The second kappa shape index (κ2) is 3.33. The molecule has 2 N–H and O–H groups in total. The van der Waals surface area contributed by atoms with E-state index in [-0.39, 0.29) is 6.03 Å². The molecule has 0 bridgehead atoms. The summed E-state index contributed by atoms with van der Waals surface area (Å²) in [7, 11) is 0. The summed E-state index contributed by atoms with van der Waals surface area (Å²) in [5, 5.41) is 6.56. The number of nitrogens with one attached hydrogen (secondary N) is 2. The maximum Gasteiger partial charge on any atom is 0.315 e. The average molecular weight is 214 g/mol. The van der Waals surface area contributed by atoms with Crippen LogP contribution < -0.4 is 10.6 Å². The zero-order valence-corrected chi connectivity index (χ0v) is 9.78. The molecule has 3 unspecified atom stereocenters. The lowest BCUT2D eigenvalue weighted by atomic mass is 9.81. The van der Waals surface area contributed by atoms with Gasteiger partial charge in [-0.05, 0) is 11.8 Å². The SMILES string of the molecule is CCC(C)(C)C1SCC2NC(=O)NC21. The van der Waals surface area contributed by atoms with Gasteiger partial charge in [-0.15, -0.1) is 0 Å². The van der Waals surface area contributed by atoms with E-state index in [1.165, 1.54) is 0 Å². The molecular formula is C10H18N2OS. The van der Waals surface area contributed by atoms with E-state index in [0.717, 1.165) is 12.2 Å². The Labute approximate surface area is 89.4 Å². The fraction of sp³-hybridized carbons (Fsp3) is 0.900. The lowest BCUT2D eigenvalue weighted by Crippen LogP contribution is -2.43. The standard InChI is InChI=1S/C10H18N2OS/c1-4-10(2,3)8-7-6(5-14-8)11-9(13)12-7/h6-8H,4-5H2,1-3H3,(H2,11,12,13). The predicted octanol–water partition coefficient (Wildman–Crippen LogP) is 1.59. The van der Waals surface area contributed by atoms with Crippen LogP contribution in [0.1, 0.15) is 27.2 Å². The van der Waals surface area contributed by atoms with Crippen molar-refractivity contribution in [1.82, 2.24) is 10.6 Å². The Hall–Kier alpha value is -0.380. The molecule has 2 fully saturated rings. The van der Waals surface area contributed by atoms with E-state index in [1.54, 1.807) is 0 Å². The summed E-state index contributed by atoms with van der Waals surface area (Å²) in [6.45, 7) is 6.80. The van der Waals surface area contributed by atoms with Crippen LogP contribution in [0.5, 0.6) is 0 Å². The molecule has 2 aliphatic heterocycles. The number of carbonyl (C=O) groups is 1. The third-order valence-corrected chi connectivity index (χ3v) is 5.35. The average Bonchev–Trinajstić information content (AvgIpc) is 2.62. The van der Waals surface area contributed by atoms with Gasteiger partial charge in [0.15, 0.2) is 0 Å². The van der Waals surface area contributed by atoms with Gasteiger partial charge in [-0.2, -0.15) is 11.8 Å². The molecule has 0 aromatic rings. The Morgan fingerprint density at radius 1 is 1.50 bits per heavy atom. The second-order valence-electron chi connectivity index (χ2n) is 4.85. The molecule has 3 atom stereocenters. The largest absolute Gasteiger partial charge is 0.332 e. The summed E-state index contributed by atoms with van der Waals surface area (Å²) < 4.78 is 0. The van der Waals surface area contributed by atoms with Crippen molar-refractivity contribution in [2.24, 2.45) is 5.41 Å². The van der Waals surface area contributed by atoms with Crippen LogP contribution in [0.3, 0.4) is 0 Å². The lowest BCUT2D eigenvalue weighted by Gasteiger charge is -2.33. The molecule has 3 nitrogen and oxygen atoms in total. The Bertz CT molecular complexity index is 255. The van der Waals surface area contributed by atoms with Crippen molar-refractivity contribution in [1.29, 1.82) is 0 Å². The molecule has 4 heteroatoms. The monoisotopic (exact) mass is 214 g/mol. The minimum absolute atomic E-state index is 0.0113.